The second kappa shape index (κ2) is 9.70. The summed E-state index contributed by atoms with van der Waals surface area (Å²) in [5.74, 6) is 0. The van der Waals surface area contributed by atoms with Gasteiger partial charge in [-0.3, -0.25) is 0 Å². The zero-order valence-corrected chi connectivity index (χ0v) is 9.10. The summed E-state index contributed by atoms with van der Waals surface area (Å²) in [6.07, 6.45) is -1.30. The standard InChI is InChI=1S/C9H18O6/c1-12-4-3-8(15-9(10)11)7-14-6-5-13-2/h8H,3-7H2,1-2H3,(H,10,11). The van der Waals surface area contributed by atoms with Crippen molar-refractivity contribution in [2.45, 2.75) is 12.5 Å². The molecule has 0 spiro atoms. The van der Waals surface area contributed by atoms with Gasteiger partial charge in [0.2, 0.25) is 0 Å². The van der Waals surface area contributed by atoms with Crippen molar-refractivity contribution in [3.63, 3.8) is 0 Å². The van der Waals surface area contributed by atoms with Crippen molar-refractivity contribution in [2.75, 3.05) is 40.6 Å². The van der Waals surface area contributed by atoms with Gasteiger partial charge in [0.1, 0.15) is 6.10 Å². The van der Waals surface area contributed by atoms with Crippen LogP contribution >= 0.6 is 0 Å². The second-order valence-corrected chi connectivity index (χ2v) is 2.85. The summed E-state index contributed by atoms with van der Waals surface area (Å²) in [5, 5.41) is 8.44. The third kappa shape index (κ3) is 9.45. The van der Waals surface area contributed by atoms with Crippen LogP contribution in [0, 0.1) is 0 Å². The van der Waals surface area contributed by atoms with E-state index in [0.29, 0.717) is 26.2 Å². The number of hydrogen-bond donors (Lipinski definition) is 1. The molecule has 0 amide bonds. The van der Waals surface area contributed by atoms with Gasteiger partial charge in [0.15, 0.2) is 0 Å². The summed E-state index contributed by atoms with van der Waals surface area (Å²) in [6.45, 7) is 1.55. The third-order valence-electron chi connectivity index (χ3n) is 1.65. The van der Waals surface area contributed by atoms with E-state index in [-0.39, 0.29) is 6.61 Å². The van der Waals surface area contributed by atoms with Gasteiger partial charge in [-0.25, -0.2) is 4.79 Å². The summed E-state index contributed by atoms with van der Waals surface area (Å²) in [5.41, 5.74) is 0. The molecule has 0 aliphatic rings. The first-order valence-electron chi connectivity index (χ1n) is 4.66. The maximum absolute atomic E-state index is 10.3. The Kier molecular flexibility index (Phi) is 9.15. The topological polar surface area (TPSA) is 74.2 Å². The number of hydrogen-bond acceptors (Lipinski definition) is 5. The van der Waals surface area contributed by atoms with E-state index in [1.54, 1.807) is 14.2 Å². The molecule has 0 aliphatic heterocycles. The molecule has 0 saturated carbocycles. The molecule has 1 unspecified atom stereocenters. The molecule has 0 aromatic heterocycles. The number of rotatable bonds is 9. The van der Waals surface area contributed by atoms with Gasteiger partial charge in [0.25, 0.3) is 0 Å². The zero-order valence-electron chi connectivity index (χ0n) is 9.10. The Balaban J connectivity index is 3.64. The van der Waals surface area contributed by atoms with E-state index in [2.05, 4.69) is 4.74 Å². The van der Waals surface area contributed by atoms with Gasteiger partial charge >= 0.3 is 6.16 Å². The van der Waals surface area contributed by atoms with Gasteiger partial charge in [-0.15, -0.1) is 0 Å². The fourth-order valence-corrected chi connectivity index (χ4v) is 0.925. The van der Waals surface area contributed by atoms with Crippen molar-refractivity contribution in [2.24, 2.45) is 0 Å². The molecule has 0 heterocycles. The molecule has 1 atom stereocenters. The average Bonchev–Trinajstić information content (AvgIpc) is 2.19. The Morgan fingerprint density at radius 1 is 1.20 bits per heavy atom. The highest BCUT2D eigenvalue weighted by Gasteiger charge is 2.13. The molecule has 1 N–H and O–H groups in total. The minimum Gasteiger partial charge on any atom is -0.450 e. The Hall–Kier alpha value is -0.850. The minimum atomic E-state index is -1.30. The van der Waals surface area contributed by atoms with Crippen LogP contribution in [0.4, 0.5) is 4.79 Å². The first-order chi connectivity index (χ1) is 7.20. The summed E-state index contributed by atoms with van der Waals surface area (Å²) in [4.78, 5) is 10.3. The average molecular weight is 222 g/mol. The lowest BCUT2D eigenvalue weighted by molar-refractivity contribution is -0.0231. The largest absolute Gasteiger partial charge is 0.506 e. The van der Waals surface area contributed by atoms with Crippen molar-refractivity contribution in [3.05, 3.63) is 0 Å². The fourth-order valence-electron chi connectivity index (χ4n) is 0.925. The van der Waals surface area contributed by atoms with Crippen LogP contribution < -0.4 is 0 Å². The van der Waals surface area contributed by atoms with Crippen LogP contribution in [0.5, 0.6) is 0 Å². The smallest absolute Gasteiger partial charge is 0.450 e. The normalized spacial score (nSPS) is 12.4. The van der Waals surface area contributed by atoms with E-state index in [1.165, 1.54) is 0 Å². The van der Waals surface area contributed by atoms with Gasteiger partial charge in [-0.05, 0) is 0 Å². The lowest BCUT2D eigenvalue weighted by Crippen LogP contribution is -2.25. The van der Waals surface area contributed by atoms with Crippen LogP contribution in [0.25, 0.3) is 0 Å². The van der Waals surface area contributed by atoms with Crippen LogP contribution in [-0.4, -0.2) is 58.0 Å². The lowest BCUT2D eigenvalue weighted by Gasteiger charge is -2.15. The molecule has 0 aliphatic carbocycles. The second-order valence-electron chi connectivity index (χ2n) is 2.85. The molecular formula is C9H18O6. The fraction of sp³-hybridized carbons (Fsp3) is 0.889. The van der Waals surface area contributed by atoms with E-state index < -0.39 is 12.3 Å². The maximum atomic E-state index is 10.3. The zero-order chi connectivity index (χ0) is 11.5. The van der Waals surface area contributed by atoms with Crippen LogP contribution in [0.1, 0.15) is 6.42 Å². The predicted octanol–water partition coefficient (Wildman–Crippen LogP) is 0.749. The van der Waals surface area contributed by atoms with Crippen molar-refractivity contribution >= 4 is 6.16 Å². The number of ether oxygens (including phenoxy) is 4. The monoisotopic (exact) mass is 222 g/mol. The Labute approximate surface area is 89.1 Å². The highest BCUT2D eigenvalue weighted by atomic mass is 16.7. The van der Waals surface area contributed by atoms with Crippen molar-refractivity contribution in [1.29, 1.82) is 0 Å². The predicted molar refractivity (Wildman–Crippen MR) is 52.1 cm³/mol. The molecule has 0 bridgehead atoms. The lowest BCUT2D eigenvalue weighted by atomic mass is 10.3. The SMILES string of the molecule is COCCOCC(CCOC)OC(=O)O. The number of carboxylic acid groups (broad SMARTS) is 1. The van der Waals surface area contributed by atoms with Crippen LogP contribution in [0.15, 0.2) is 0 Å². The van der Waals surface area contributed by atoms with Gasteiger partial charge in [0, 0.05) is 27.2 Å². The van der Waals surface area contributed by atoms with E-state index in [1.807, 2.05) is 0 Å². The van der Waals surface area contributed by atoms with Gasteiger partial charge in [-0.1, -0.05) is 0 Å². The van der Waals surface area contributed by atoms with Crippen molar-refractivity contribution in [3.8, 4) is 0 Å². The molecule has 90 valence electrons. The summed E-state index contributed by atoms with van der Waals surface area (Å²) < 4.78 is 19.4. The Morgan fingerprint density at radius 2 is 1.87 bits per heavy atom. The molecule has 0 aromatic carbocycles. The number of methoxy groups -OCH3 is 2. The molecule has 15 heavy (non-hydrogen) atoms. The maximum Gasteiger partial charge on any atom is 0.506 e. The van der Waals surface area contributed by atoms with Crippen molar-refractivity contribution < 1.29 is 28.8 Å². The van der Waals surface area contributed by atoms with Crippen LogP contribution in [0.2, 0.25) is 0 Å². The van der Waals surface area contributed by atoms with E-state index in [0.717, 1.165) is 0 Å². The van der Waals surface area contributed by atoms with E-state index >= 15 is 0 Å². The van der Waals surface area contributed by atoms with E-state index in [9.17, 15) is 4.79 Å². The molecule has 6 nitrogen and oxygen atoms in total. The van der Waals surface area contributed by atoms with Gasteiger partial charge in [0.05, 0.1) is 19.8 Å². The Morgan fingerprint density at radius 3 is 2.40 bits per heavy atom. The summed E-state index contributed by atoms with van der Waals surface area (Å²) in [7, 11) is 3.11. The molecule has 0 rings (SSSR count). The summed E-state index contributed by atoms with van der Waals surface area (Å²) in [6, 6.07) is 0. The minimum absolute atomic E-state index is 0.221. The first kappa shape index (κ1) is 14.2. The highest BCUT2D eigenvalue weighted by Crippen LogP contribution is 2.00. The third-order valence-corrected chi connectivity index (χ3v) is 1.65. The van der Waals surface area contributed by atoms with Crippen LogP contribution in [-0.2, 0) is 18.9 Å². The van der Waals surface area contributed by atoms with Crippen molar-refractivity contribution in [1.82, 2.24) is 0 Å². The number of carbonyl (C=O) groups is 1. The first-order valence-corrected chi connectivity index (χ1v) is 4.66. The Bertz CT molecular complexity index is 161. The molecule has 0 fully saturated rings. The van der Waals surface area contributed by atoms with Crippen LogP contribution in [0.3, 0.4) is 0 Å². The van der Waals surface area contributed by atoms with E-state index in [4.69, 9.17) is 19.3 Å². The van der Waals surface area contributed by atoms with Gasteiger partial charge < -0.3 is 24.1 Å². The molecule has 6 heteroatoms. The molecule has 0 saturated heterocycles. The quantitative estimate of drug-likeness (QED) is 0.458. The molecule has 0 radical (unpaired) electrons. The summed E-state index contributed by atoms with van der Waals surface area (Å²) >= 11 is 0. The highest BCUT2D eigenvalue weighted by molar-refractivity contribution is 5.57. The molecule has 0 aromatic rings. The molecular weight excluding hydrogens is 204 g/mol. The van der Waals surface area contributed by atoms with Gasteiger partial charge in [-0.2, -0.15) is 0 Å².